The van der Waals surface area contributed by atoms with Gasteiger partial charge in [0.05, 0.1) is 19.3 Å². The number of anilines is 1. The van der Waals surface area contributed by atoms with E-state index in [0.717, 1.165) is 28.1 Å². The summed E-state index contributed by atoms with van der Waals surface area (Å²) < 4.78 is 19.9. The largest absolute Gasteiger partial charge is 0.371 e. The van der Waals surface area contributed by atoms with Crippen molar-refractivity contribution >= 4 is 38.9 Å². The van der Waals surface area contributed by atoms with E-state index in [1.165, 1.54) is 35.6 Å². The fraction of sp³-hybridized carbons (Fsp3) is 0.250. The number of morpholine rings is 1. The van der Waals surface area contributed by atoms with Crippen LogP contribution in [0.3, 0.4) is 0 Å². The van der Waals surface area contributed by atoms with Gasteiger partial charge in [-0.1, -0.05) is 39.4 Å². The van der Waals surface area contributed by atoms with Crippen molar-refractivity contribution in [3.8, 4) is 0 Å². The van der Waals surface area contributed by atoms with Gasteiger partial charge in [-0.2, -0.15) is 0 Å². The second-order valence-electron chi connectivity index (χ2n) is 6.61. The molecule has 0 radical (unpaired) electrons. The first-order valence-corrected chi connectivity index (χ1v) is 10.7. The van der Waals surface area contributed by atoms with Crippen LogP contribution < -0.4 is 5.32 Å². The van der Waals surface area contributed by atoms with Crippen LogP contribution in [-0.2, 0) is 11.3 Å². The highest BCUT2D eigenvalue weighted by Gasteiger charge is 2.23. The van der Waals surface area contributed by atoms with E-state index in [1.807, 2.05) is 12.1 Å². The Labute approximate surface area is 179 Å². The molecule has 0 spiro atoms. The molecular weight excluding hydrogens is 459 g/mol. The average Bonchev–Trinajstić information content (AvgIpc) is 3.19. The predicted octanol–water partition coefficient (Wildman–Crippen LogP) is 4.27. The molecule has 29 heavy (non-hydrogen) atoms. The Morgan fingerprint density at radius 2 is 2.10 bits per heavy atom. The quantitative estimate of drug-likeness (QED) is 0.595. The van der Waals surface area contributed by atoms with E-state index in [-0.39, 0.29) is 22.8 Å². The standard InChI is InChI=1S/C20H18BrFN4O2S/c21-14-3-1-2-13(10-14)17-11-26(8-9-28-17)12-18-24-25-20(29-18)19(27)23-16-6-4-15(22)5-7-16/h1-7,10,17H,8-9,11-12H2,(H,23,27). The Balaban J connectivity index is 1.37. The number of nitrogens with zero attached hydrogens (tertiary/aromatic N) is 3. The molecule has 1 aliphatic rings. The van der Waals surface area contributed by atoms with Gasteiger partial charge >= 0.3 is 0 Å². The van der Waals surface area contributed by atoms with E-state index >= 15 is 0 Å². The zero-order valence-electron chi connectivity index (χ0n) is 15.3. The SMILES string of the molecule is O=C(Nc1ccc(F)cc1)c1nnc(CN2CCOC(c3cccc(Br)c3)C2)s1. The van der Waals surface area contributed by atoms with Gasteiger partial charge < -0.3 is 10.1 Å². The highest BCUT2D eigenvalue weighted by atomic mass is 79.9. The lowest BCUT2D eigenvalue weighted by Gasteiger charge is -2.32. The molecule has 1 N–H and O–H groups in total. The van der Waals surface area contributed by atoms with Crippen molar-refractivity contribution in [1.29, 1.82) is 0 Å². The van der Waals surface area contributed by atoms with E-state index in [9.17, 15) is 9.18 Å². The van der Waals surface area contributed by atoms with E-state index in [2.05, 4.69) is 48.5 Å². The molecule has 2 aromatic carbocycles. The molecule has 0 aliphatic carbocycles. The number of carbonyl (C=O) groups excluding carboxylic acids is 1. The maximum absolute atomic E-state index is 13.0. The summed E-state index contributed by atoms with van der Waals surface area (Å²) in [6, 6.07) is 13.7. The topological polar surface area (TPSA) is 67.4 Å². The van der Waals surface area contributed by atoms with Crippen molar-refractivity contribution in [2.45, 2.75) is 12.6 Å². The predicted molar refractivity (Wildman–Crippen MR) is 112 cm³/mol. The van der Waals surface area contributed by atoms with Gasteiger partial charge in [0.15, 0.2) is 0 Å². The number of rotatable bonds is 5. The summed E-state index contributed by atoms with van der Waals surface area (Å²) in [5, 5.41) is 11.9. The average molecular weight is 477 g/mol. The third-order valence-corrected chi connectivity index (χ3v) is 5.89. The summed E-state index contributed by atoms with van der Waals surface area (Å²) in [5.41, 5.74) is 1.64. The smallest absolute Gasteiger partial charge is 0.286 e. The van der Waals surface area contributed by atoms with Crippen LogP contribution in [0.2, 0.25) is 0 Å². The van der Waals surface area contributed by atoms with E-state index < -0.39 is 0 Å². The molecular formula is C20H18BrFN4O2S. The van der Waals surface area contributed by atoms with Crippen LogP contribution in [0.15, 0.2) is 53.0 Å². The van der Waals surface area contributed by atoms with Gasteiger partial charge in [-0.05, 0) is 42.0 Å². The lowest BCUT2D eigenvalue weighted by atomic mass is 10.1. The number of ether oxygens (including phenoxy) is 1. The molecule has 0 bridgehead atoms. The Morgan fingerprint density at radius 1 is 1.28 bits per heavy atom. The first-order valence-electron chi connectivity index (χ1n) is 9.05. The Hall–Kier alpha value is -2.20. The second-order valence-corrected chi connectivity index (χ2v) is 8.59. The maximum Gasteiger partial charge on any atom is 0.286 e. The van der Waals surface area contributed by atoms with Crippen molar-refractivity contribution in [2.75, 3.05) is 25.0 Å². The zero-order valence-corrected chi connectivity index (χ0v) is 17.7. The van der Waals surface area contributed by atoms with Gasteiger partial charge in [0.1, 0.15) is 10.8 Å². The van der Waals surface area contributed by atoms with E-state index in [4.69, 9.17) is 4.74 Å². The third kappa shape index (κ3) is 5.24. The number of aromatic nitrogens is 2. The molecule has 0 saturated carbocycles. The van der Waals surface area contributed by atoms with Crippen LogP contribution in [0.1, 0.15) is 26.5 Å². The van der Waals surface area contributed by atoms with E-state index in [1.54, 1.807) is 0 Å². The number of hydrogen-bond donors (Lipinski definition) is 1. The van der Waals surface area contributed by atoms with E-state index in [0.29, 0.717) is 18.8 Å². The minimum Gasteiger partial charge on any atom is -0.371 e. The Bertz CT molecular complexity index is 998. The molecule has 1 atom stereocenters. The minimum atomic E-state index is -0.354. The van der Waals surface area contributed by atoms with Gasteiger partial charge in [0.25, 0.3) is 5.91 Å². The number of benzene rings is 2. The van der Waals surface area contributed by atoms with Crippen LogP contribution in [0, 0.1) is 5.82 Å². The summed E-state index contributed by atoms with van der Waals surface area (Å²) >= 11 is 4.76. The van der Waals surface area contributed by atoms with Crippen molar-refractivity contribution in [2.24, 2.45) is 0 Å². The molecule has 1 fully saturated rings. The van der Waals surface area contributed by atoms with Crippen LogP contribution in [-0.4, -0.2) is 40.7 Å². The zero-order chi connectivity index (χ0) is 20.2. The van der Waals surface area contributed by atoms with Crippen LogP contribution in [0.4, 0.5) is 10.1 Å². The first-order chi connectivity index (χ1) is 14.1. The minimum absolute atomic E-state index is 0.00424. The van der Waals surface area contributed by atoms with Gasteiger partial charge in [-0.25, -0.2) is 4.39 Å². The molecule has 1 amide bonds. The first kappa shape index (κ1) is 20.1. The monoisotopic (exact) mass is 476 g/mol. The molecule has 6 nitrogen and oxygen atoms in total. The molecule has 1 aliphatic heterocycles. The highest BCUT2D eigenvalue weighted by Crippen LogP contribution is 2.26. The molecule has 3 aromatic rings. The fourth-order valence-electron chi connectivity index (χ4n) is 3.07. The fourth-order valence-corrected chi connectivity index (χ4v) is 4.27. The second kappa shape index (κ2) is 9.08. The van der Waals surface area contributed by atoms with Crippen LogP contribution >= 0.6 is 27.3 Å². The lowest BCUT2D eigenvalue weighted by molar-refractivity contribution is -0.0330. The molecule has 1 unspecified atom stereocenters. The van der Waals surface area contributed by atoms with Crippen molar-refractivity contribution in [3.63, 3.8) is 0 Å². The third-order valence-electron chi connectivity index (χ3n) is 4.49. The number of nitrogens with one attached hydrogen (secondary N) is 1. The van der Waals surface area contributed by atoms with Gasteiger partial charge in [-0.15, -0.1) is 10.2 Å². The highest BCUT2D eigenvalue weighted by molar-refractivity contribution is 9.10. The molecule has 150 valence electrons. The maximum atomic E-state index is 13.0. The van der Waals surface area contributed by atoms with Crippen LogP contribution in [0.5, 0.6) is 0 Å². The normalized spacial score (nSPS) is 17.2. The lowest BCUT2D eigenvalue weighted by Crippen LogP contribution is -2.37. The summed E-state index contributed by atoms with van der Waals surface area (Å²) in [7, 11) is 0. The number of hydrogen-bond acceptors (Lipinski definition) is 6. The van der Waals surface area contributed by atoms with Crippen LogP contribution in [0.25, 0.3) is 0 Å². The Kier molecular flexibility index (Phi) is 6.29. The van der Waals surface area contributed by atoms with Crippen molar-refractivity contribution in [3.05, 3.63) is 74.4 Å². The van der Waals surface area contributed by atoms with Crippen molar-refractivity contribution < 1.29 is 13.9 Å². The molecule has 1 saturated heterocycles. The number of halogens is 2. The number of amides is 1. The summed E-state index contributed by atoms with van der Waals surface area (Å²) in [5.74, 6) is -0.706. The molecule has 4 rings (SSSR count). The van der Waals surface area contributed by atoms with Gasteiger partial charge in [0, 0.05) is 23.2 Å². The molecule has 2 heterocycles. The van der Waals surface area contributed by atoms with Gasteiger partial charge in [0.2, 0.25) is 5.01 Å². The molecule has 9 heteroatoms. The summed E-state index contributed by atoms with van der Waals surface area (Å²) in [6.07, 6.45) is -0.00424. The van der Waals surface area contributed by atoms with Gasteiger partial charge in [-0.3, -0.25) is 9.69 Å². The molecule has 1 aromatic heterocycles. The Morgan fingerprint density at radius 3 is 2.90 bits per heavy atom. The summed E-state index contributed by atoms with van der Waals surface area (Å²) in [4.78, 5) is 14.6. The van der Waals surface area contributed by atoms with Crippen molar-refractivity contribution in [1.82, 2.24) is 15.1 Å². The summed E-state index contributed by atoms with van der Waals surface area (Å²) in [6.45, 7) is 2.78. The number of carbonyl (C=O) groups is 1.